The zero-order valence-corrected chi connectivity index (χ0v) is 8.97. The van der Waals surface area contributed by atoms with Crippen molar-refractivity contribution in [3.8, 4) is 0 Å². The van der Waals surface area contributed by atoms with Crippen LogP contribution in [0.2, 0.25) is 0 Å². The maximum atomic E-state index is 11.6. The van der Waals surface area contributed by atoms with Crippen LogP contribution in [-0.4, -0.2) is 11.9 Å². The summed E-state index contributed by atoms with van der Waals surface area (Å²) >= 11 is 4.29. The molecule has 2 nitrogen and oxygen atoms in total. The first kappa shape index (κ1) is 9.59. The van der Waals surface area contributed by atoms with Crippen molar-refractivity contribution in [3.63, 3.8) is 0 Å². The van der Waals surface area contributed by atoms with E-state index in [9.17, 15) is 4.79 Å². The van der Waals surface area contributed by atoms with E-state index >= 15 is 0 Å². The Morgan fingerprint density at radius 2 is 2.21 bits per heavy atom. The number of carbonyl (C=O) groups is 1. The summed E-state index contributed by atoms with van der Waals surface area (Å²) in [6.07, 6.45) is 2.23. The zero-order chi connectivity index (χ0) is 10.1. The number of hydrogen-bond donors (Lipinski definition) is 2. The Bertz CT molecular complexity index is 372. The van der Waals surface area contributed by atoms with Crippen molar-refractivity contribution in [2.45, 2.75) is 30.7 Å². The van der Waals surface area contributed by atoms with Gasteiger partial charge in [-0.2, -0.15) is 0 Å². The van der Waals surface area contributed by atoms with Crippen molar-refractivity contribution in [1.29, 1.82) is 0 Å². The van der Waals surface area contributed by atoms with Crippen LogP contribution in [0.15, 0.2) is 23.1 Å². The van der Waals surface area contributed by atoms with Crippen molar-refractivity contribution in [1.82, 2.24) is 5.32 Å². The van der Waals surface area contributed by atoms with Gasteiger partial charge in [-0.25, -0.2) is 0 Å². The first-order chi connectivity index (χ1) is 6.66. The number of thiol groups is 1. The van der Waals surface area contributed by atoms with Gasteiger partial charge in [0.1, 0.15) is 0 Å². The molecule has 0 aromatic heterocycles. The molecule has 0 aliphatic heterocycles. The van der Waals surface area contributed by atoms with Crippen molar-refractivity contribution in [2.75, 3.05) is 0 Å². The molecule has 1 aromatic carbocycles. The minimum absolute atomic E-state index is 0.0165. The second-order valence-electron chi connectivity index (χ2n) is 3.75. The lowest BCUT2D eigenvalue weighted by molar-refractivity contribution is 0.0951. The van der Waals surface area contributed by atoms with Gasteiger partial charge in [0.2, 0.25) is 0 Å². The fourth-order valence-electron chi connectivity index (χ4n) is 1.25. The van der Waals surface area contributed by atoms with E-state index in [1.165, 1.54) is 0 Å². The third-order valence-corrected chi connectivity index (χ3v) is 2.87. The predicted molar refractivity (Wildman–Crippen MR) is 58.9 cm³/mol. The summed E-state index contributed by atoms with van der Waals surface area (Å²) < 4.78 is 0. The Kier molecular flexibility index (Phi) is 2.50. The van der Waals surface area contributed by atoms with Crippen molar-refractivity contribution >= 4 is 18.5 Å². The molecule has 0 saturated heterocycles. The van der Waals surface area contributed by atoms with Gasteiger partial charge in [-0.1, -0.05) is 6.07 Å². The van der Waals surface area contributed by atoms with Crippen molar-refractivity contribution in [2.24, 2.45) is 0 Å². The first-order valence-corrected chi connectivity index (χ1v) is 5.22. The molecule has 1 aliphatic rings. The molecule has 3 heteroatoms. The summed E-state index contributed by atoms with van der Waals surface area (Å²) in [5, 5.41) is 2.94. The molecule has 14 heavy (non-hydrogen) atoms. The summed E-state index contributed by atoms with van der Waals surface area (Å²) in [5.41, 5.74) is 1.80. The highest BCUT2D eigenvalue weighted by Crippen LogP contribution is 2.20. The molecule has 1 aliphatic carbocycles. The summed E-state index contributed by atoms with van der Waals surface area (Å²) in [4.78, 5) is 12.5. The Hall–Kier alpha value is -0.960. The summed E-state index contributed by atoms with van der Waals surface area (Å²) in [6.45, 7) is 1.98. The van der Waals surface area contributed by atoms with Gasteiger partial charge < -0.3 is 5.32 Å². The number of rotatable bonds is 2. The monoisotopic (exact) mass is 207 g/mol. The largest absolute Gasteiger partial charge is 0.349 e. The lowest BCUT2D eigenvalue weighted by Gasteiger charge is -2.05. The number of nitrogens with one attached hydrogen (secondary N) is 1. The molecule has 2 rings (SSSR count). The standard InChI is InChI=1S/C11H13NOS/c1-7-2-3-8(6-10(7)14)11(13)12-9-4-5-9/h2-3,6,9,14H,4-5H2,1H3,(H,12,13). The van der Waals surface area contributed by atoms with Crippen LogP contribution < -0.4 is 5.32 Å². The van der Waals surface area contributed by atoms with Gasteiger partial charge >= 0.3 is 0 Å². The molecule has 0 heterocycles. The van der Waals surface area contributed by atoms with Crippen molar-refractivity contribution in [3.05, 3.63) is 29.3 Å². The van der Waals surface area contributed by atoms with Gasteiger partial charge in [0.15, 0.2) is 0 Å². The summed E-state index contributed by atoms with van der Waals surface area (Å²) in [5.74, 6) is 0.0165. The highest BCUT2D eigenvalue weighted by atomic mass is 32.1. The molecule has 1 saturated carbocycles. The molecule has 1 aromatic rings. The van der Waals surface area contributed by atoms with Gasteiger partial charge in [0.05, 0.1) is 0 Å². The van der Waals surface area contributed by atoms with E-state index in [-0.39, 0.29) is 5.91 Å². The zero-order valence-electron chi connectivity index (χ0n) is 8.08. The van der Waals surface area contributed by atoms with E-state index in [2.05, 4.69) is 17.9 Å². The van der Waals surface area contributed by atoms with E-state index in [1.807, 2.05) is 25.1 Å². The molecule has 1 fully saturated rings. The van der Waals surface area contributed by atoms with Gasteiger partial charge in [-0.05, 0) is 37.5 Å². The number of aryl methyl sites for hydroxylation is 1. The maximum Gasteiger partial charge on any atom is 0.251 e. The van der Waals surface area contributed by atoms with Crippen LogP contribution in [0, 0.1) is 6.92 Å². The van der Waals surface area contributed by atoms with Gasteiger partial charge in [-0.3, -0.25) is 4.79 Å². The molecule has 1 amide bonds. The smallest absolute Gasteiger partial charge is 0.251 e. The number of carbonyl (C=O) groups excluding carboxylic acids is 1. The Morgan fingerprint density at radius 1 is 1.50 bits per heavy atom. The van der Waals surface area contributed by atoms with Gasteiger partial charge in [-0.15, -0.1) is 12.6 Å². The molecule has 0 unspecified atom stereocenters. The average Bonchev–Trinajstić information content (AvgIpc) is 2.93. The Labute approximate surface area is 89.1 Å². The highest BCUT2D eigenvalue weighted by Gasteiger charge is 2.23. The SMILES string of the molecule is Cc1ccc(C(=O)NC2CC2)cc1S. The van der Waals surface area contributed by atoms with E-state index in [4.69, 9.17) is 0 Å². The Balaban J connectivity index is 2.14. The lowest BCUT2D eigenvalue weighted by Crippen LogP contribution is -2.25. The minimum atomic E-state index is 0.0165. The van der Waals surface area contributed by atoms with Crippen LogP contribution in [0.5, 0.6) is 0 Å². The first-order valence-electron chi connectivity index (χ1n) is 4.77. The lowest BCUT2D eigenvalue weighted by atomic mass is 10.1. The van der Waals surface area contributed by atoms with Gasteiger partial charge in [0, 0.05) is 16.5 Å². The van der Waals surface area contributed by atoms with E-state index in [0.717, 1.165) is 23.3 Å². The van der Waals surface area contributed by atoms with Crippen LogP contribution in [0.3, 0.4) is 0 Å². The minimum Gasteiger partial charge on any atom is -0.349 e. The molecule has 0 atom stereocenters. The molecular weight excluding hydrogens is 194 g/mol. The predicted octanol–water partition coefficient (Wildman–Crippen LogP) is 2.18. The third-order valence-electron chi connectivity index (χ3n) is 2.38. The number of benzene rings is 1. The average molecular weight is 207 g/mol. The van der Waals surface area contributed by atoms with Crippen LogP contribution in [-0.2, 0) is 0 Å². The number of amides is 1. The van der Waals surface area contributed by atoms with E-state index in [0.29, 0.717) is 11.6 Å². The van der Waals surface area contributed by atoms with Crippen molar-refractivity contribution < 1.29 is 4.79 Å². The third kappa shape index (κ3) is 2.10. The Morgan fingerprint density at radius 3 is 2.79 bits per heavy atom. The normalized spacial score (nSPS) is 15.3. The van der Waals surface area contributed by atoms with Crippen LogP contribution >= 0.6 is 12.6 Å². The molecule has 0 radical (unpaired) electrons. The molecule has 0 spiro atoms. The fourth-order valence-corrected chi connectivity index (χ4v) is 1.46. The van der Waals surface area contributed by atoms with Crippen LogP contribution in [0.4, 0.5) is 0 Å². The van der Waals surface area contributed by atoms with Gasteiger partial charge in [0.25, 0.3) is 5.91 Å². The quantitative estimate of drug-likeness (QED) is 0.715. The topological polar surface area (TPSA) is 29.1 Å². The van der Waals surface area contributed by atoms with E-state index < -0.39 is 0 Å². The molecule has 1 N–H and O–H groups in total. The summed E-state index contributed by atoms with van der Waals surface area (Å²) in [6, 6.07) is 5.99. The molecule has 0 bridgehead atoms. The molecular formula is C11H13NOS. The second kappa shape index (κ2) is 3.65. The second-order valence-corrected chi connectivity index (χ2v) is 4.23. The van der Waals surface area contributed by atoms with Crippen LogP contribution in [0.1, 0.15) is 28.8 Å². The number of hydrogen-bond acceptors (Lipinski definition) is 2. The summed E-state index contributed by atoms with van der Waals surface area (Å²) in [7, 11) is 0. The van der Waals surface area contributed by atoms with E-state index in [1.54, 1.807) is 0 Å². The highest BCUT2D eigenvalue weighted by molar-refractivity contribution is 7.80. The van der Waals surface area contributed by atoms with Crippen LogP contribution in [0.25, 0.3) is 0 Å². The molecule has 74 valence electrons. The maximum absolute atomic E-state index is 11.6. The fraction of sp³-hybridized carbons (Fsp3) is 0.364.